The third-order valence-electron chi connectivity index (χ3n) is 5.32. The molecule has 0 radical (unpaired) electrons. The van der Waals surface area contributed by atoms with Gasteiger partial charge in [0.15, 0.2) is 0 Å². The number of ether oxygens (including phenoxy) is 1. The second-order valence-corrected chi connectivity index (χ2v) is 7.51. The Hall–Kier alpha value is -1.20. The summed E-state index contributed by atoms with van der Waals surface area (Å²) in [7, 11) is 1.66. The first-order valence-electron chi connectivity index (χ1n) is 8.36. The van der Waals surface area contributed by atoms with Gasteiger partial charge in [0.2, 0.25) is 5.91 Å². The van der Waals surface area contributed by atoms with E-state index in [9.17, 15) is 4.79 Å². The van der Waals surface area contributed by atoms with Crippen molar-refractivity contribution in [2.75, 3.05) is 50.2 Å². The number of carbonyl (C=O) groups excluding carboxylic acids is 1. The minimum Gasteiger partial charge on any atom is -0.497 e. The summed E-state index contributed by atoms with van der Waals surface area (Å²) in [6.45, 7) is 4.11. The van der Waals surface area contributed by atoms with Gasteiger partial charge in [-0.3, -0.25) is 4.79 Å². The molecule has 126 valence electrons. The van der Waals surface area contributed by atoms with Gasteiger partial charge in [0.05, 0.1) is 12.5 Å². The van der Waals surface area contributed by atoms with Crippen LogP contribution in [-0.2, 0) is 4.79 Å². The van der Waals surface area contributed by atoms with E-state index in [2.05, 4.69) is 11.2 Å². The second-order valence-electron chi connectivity index (χ2n) is 6.52. The van der Waals surface area contributed by atoms with Crippen molar-refractivity contribution < 1.29 is 9.53 Å². The maximum Gasteiger partial charge on any atom is 0.233 e. The molecule has 0 bridgehead atoms. The van der Waals surface area contributed by atoms with Crippen LogP contribution in [0.3, 0.4) is 0 Å². The Morgan fingerprint density at radius 1 is 1.13 bits per heavy atom. The highest BCUT2D eigenvalue weighted by Gasteiger charge is 2.48. The van der Waals surface area contributed by atoms with Crippen molar-refractivity contribution in [2.24, 2.45) is 5.41 Å². The van der Waals surface area contributed by atoms with Crippen LogP contribution in [0.4, 0.5) is 5.69 Å². The molecule has 0 saturated carbocycles. The van der Waals surface area contributed by atoms with Crippen molar-refractivity contribution in [2.45, 2.75) is 19.3 Å². The molecule has 0 aliphatic carbocycles. The maximum absolute atomic E-state index is 13.0. The fraction of sp³-hybridized carbons (Fsp3) is 0.611. The first-order valence-corrected chi connectivity index (χ1v) is 9.75. The van der Waals surface area contributed by atoms with Crippen LogP contribution in [0.25, 0.3) is 0 Å². The van der Waals surface area contributed by atoms with Gasteiger partial charge in [-0.1, -0.05) is 0 Å². The second kappa shape index (κ2) is 7.14. The molecule has 0 N–H and O–H groups in total. The Labute approximate surface area is 143 Å². The molecule has 3 rings (SSSR count). The summed E-state index contributed by atoms with van der Waals surface area (Å²) in [5.41, 5.74) is 0.882. The lowest BCUT2D eigenvalue weighted by Crippen LogP contribution is -2.45. The summed E-state index contributed by atoms with van der Waals surface area (Å²) in [5.74, 6) is 2.34. The topological polar surface area (TPSA) is 32.8 Å². The van der Waals surface area contributed by atoms with Crippen LogP contribution in [-0.4, -0.2) is 56.1 Å². The smallest absolute Gasteiger partial charge is 0.233 e. The zero-order valence-corrected chi connectivity index (χ0v) is 14.9. The summed E-state index contributed by atoms with van der Waals surface area (Å²) in [4.78, 5) is 17.5. The standard InChI is InChI=1S/C18H26N2O2S/c1-22-16-5-3-15(4-6-16)20-12-9-18(17(20)21)7-10-19(11-8-18)13-14-23-2/h3-6H,7-14H2,1-2H3. The number of benzene rings is 1. The molecule has 1 spiro atoms. The molecule has 2 fully saturated rings. The summed E-state index contributed by atoms with van der Waals surface area (Å²) in [5, 5.41) is 0. The Morgan fingerprint density at radius 2 is 1.78 bits per heavy atom. The number of methoxy groups -OCH3 is 1. The van der Waals surface area contributed by atoms with E-state index in [1.165, 1.54) is 5.75 Å². The van der Waals surface area contributed by atoms with E-state index in [1.54, 1.807) is 7.11 Å². The summed E-state index contributed by atoms with van der Waals surface area (Å²) in [6.07, 6.45) is 5.16. The number of nitrogens with zero attached hydrogens (tertiary/aromatic N) is 2. The summed E-state index contributed by atoms with van der Waals surface area (Å²) < 4.78 is 5.20. The van der Waals surface area contributed by atoms with Gasteiger partial charge in [0, 0.05) is 24.5 Å². The fourth-order valence-electron chi connectivity index (χ4n) is 3.72. The third kappa shape index (κ3) is 3.36. The molecular weight excluding hydrogens is 308 g/mol. The predicted octanol–water partition coefficient (Wildman–Crippen LogP) is 2.88. The van der Waals surface area contributed by atoms with E-state index in [0.29, 0.717) is 5.91 Å². The van der Waals surface area contributed by atoms with Gasteiger partial charge < -0.3 is 14.5 Å². The van der Waals surface area contributed by atoms with E-state index in [-0.39, 0.29) is 5.41 Å². The Morgan fingerprint density at radius 3 is 2.39 bits per heavy atom. The van der Waals surface area contributed by atoms with E-state index in [0.717, 1.165) is 56.9 Å². The molecular formula is C18H26N2O2S. The number of piperidine rings is 1. The van der Waals surface area contributed by atoms with E-state index < -0.39 is 0 Å². The number of anilines is 1. The van der Waals surface area contributed by atoms with E-state index >= 15 is 0 Å². The molecule has 5 heteroatoms. The minimum atomic E-state index is -0.115. The van der Waals surface area contributed by atoms with Crippen molar-refractivity contribution in [1.29, 1.82) is 0 Å². The van der Waals surface area contributed by atoms with E-state index in [1.807, 2.05) is 40.9 Å². The number of thioether (sulfide) groups is 1. The maximum atomic E-state index is 13.0. The molecule has 23 heavy (non-hydrogen) atoms. The molecule has 4 nitrogen and oxygen atoms in total. The van der Waals surface area contributed by atoms with Crippen molar-refractivity contribution in [3.05, 3.63) is 24.3 Å². The van der Waals surface area contributed by atoms with Crippen LogP contribution in [0.2, 0.25) is 0 Å². The monoisotopic (exact) mass is 334 g/mol. The van der Waals surface area contributed by atoms with Crippen LogP contribution in [0.1, 0.15) is 19.3 Å². The van der Waals surface area contributed by atoms with Gasteiger partial charge in [-0.05, 0) is 62.9 Å². The number of hydrogen-bond acceptors (Lipinski definition) is 4. The zero-order valence-electron chi connectivity index (χ0n) is 14.1. The van der Waals surface area contributed by atoms with Crippen molar-refractivity contribution in [3.8, 4) is 5.75 Å². The van der Waals surface area contributed by atoms with Crippen LogP contribution in [0.15, 0.2) is 24.3 Å². The third-order valence-corrected chi connectivity index (χ3v) is 5.91. The van der Waals surface area contributed by atoms with Gasteiger partial charge >= 0.3 is 0 Å². The summed E-state index contributed by atoms with van der Waals surface area (Å²) in [6, 6.07) is 7.84. The molecule has 2 aliphatic heterocycles. The molecule has 2 saturated heterocycles. The van der Waals surface area contributed by atoms with Crippen LogP contribution >= 0.6 is 11.8 Å². The average molecular weight is 334 g/mol. The highest BCUT2D eigenvalue weighted by atomic mass is 32.2. The van der Waals surface area contributed by atoms with E-state index in [4.69, 9.17) is 4.74 Å². The number of carbonyl (C=O) groups is 1. The van der Waals surface area contributed by atoms with Crippen molar-refractivity contribution in [3.63, 3.8) is 0 Å². The molecule has 0 unspecified atom stereocenters. The number of likely N-dealkylation sites (tertiary alicyclic amines) is 1. The lowest BCUT2D eigenvalue weighted by Gasteiger charge is -2.37. The predicted molar refractivity (Wildman–Crippen MR) is 96.5 cm³/mol. The first kappa shape index (κ1) is 16.7. The lowest BCUT2D eigenvalue weighted by atomic mass is 9.77. The summed E-state index contributed by atoms with van der Waals surface area (Å²) >= 11 is 1.89. The minimum absolute atomic E-state index is 0.115. The van der Waals surface area contributed by atoms with Gasteiger partial charge in [0.1, 0.15) is 5.75 Å². The largest absolute Gasteiger partial charge is 0.497 e. The Balaban J connectivity index is 1.64. The molecule has 1 aromatic carbocycles. The van der Waals surface area contributed by atoms with Gasteiger partial charge in [-0.15, -0.1) is 0 Å². The van der Waals surface area contributed by atoms with Crippen molar-refractivity contribution >= 4 is 23.4 Å². The molecule has 1 aromatic rings. The molecule has 2 aliphatic rings. The highest BCUT2D eigenvalue weighted by Crippen LogP contribution is 2.43. The lowest BCUT2D eigenvalue weighted by molar-refractivity contribution is -0.127. The van der Waals surface area contributed by atoms with Gasteiger partial charge in [0.25, 0.3) is 0 Å². The van der Waals surface area contributed by atoms with Gasteiger partial charge in [-0.2, -0.15) is 11.8 Å². The zero-order chi connectivity index (χ0) is 16.3. The Bertz CT molecular complexity index is 538. The SMILES string of the molecule is COc1ccc(N2CCC3(CCN(CCSC)CC3)C2=O)cc1. The molecule has 2 heterocycles. The van der Waals surface area contributed by atoms with Crippen molar-refractivity contribution in [1.82, 2.24) is 4.90 Å². The molecule has 1 amide bonds. The number of amides is 1. The quantitative estimate of drug-likeness (QED) is 0.829. The highest BCUT2D eigenvalue weighted by molar-refractivity contribution is 7.98. The molecule has 0 atom stereocenters. The first-order chi connectivity index (χ1) is 11.2. The van der Waals surface area contributed by atoms with Crippen LogP contribution in [0.5, 0.6) is 5.75 Å². The normalized spacial score (nSPS) is 21.1. The average Bonchev–Trinajstić information content (AvgIpc) is 2.91. The van der Waals surface area contributed by atoms with Crippen LogP contribution < -0.4 is 9.64 Å². The molecule has 0 aromatic heterocycles. The Kier molecular flexibility index (Phi) is 5.17. The fourth-order valence-corrected chi connectivity index (χ4v) is 4.16. The van der Waals surface area contributed by atoms with Gasteiger partial charge in [-0.25, -0.2) is 0 Å². The number of hydrogen-bond donors (Lipinski definition) is 0. The van der Waals surface area contributed by atoms with Crippen LogP contribution in [0, 0.1) is 5.41 Å². The number of rotatable bonds is 5.